The van der Waals surface area contributed by atoms with Crippen LogP contribution in [0.5, 0.6) is 0 Å². The summed E-state index contributed by atoms with van der Waals surface area (Å²) in [5, 5.41) is 3.02. The first-order valence-corrected chi connectivity index (χ1v) is 5.94. The zero-order valence-corrected chi connectivity index (χ0v) is 10.0. The second kappa shape index (κ2) is 4.00. The molecule has 3 rings (SSSR count). The van der Waals surface area contributed by atoms with Crippen molar-refractivity contribution in [2.45, 2.75) is 25.4 Å². The van der Waals surface area contributed by atoms with Crippen LogP contribution in [0.1, 0.15) is 25.1 Å². The van der Waals surface area contributed by atoms with Crippen LogP contribution in [0.15, 0.2) is 12.1 Å². The minimum Gasteiger partial charge on any atom is -0.378 e. The molecule has 0 spiro atoms. The molecule has 5 heteroatoms. The van der Waals surface area contributed by atoms with E-state index in [0.29, 0.717) is 5.92 Å². The van der Waals surface area contributed by atoms with E-state index in [2.05, 4.69) is 27.2 Å². The maximum Gasteiger partial charge on any atom is 0.179 e. The van der Waals surface area contributed by atoms with Gasteiger partial charge < -0.3 is 15.0 Å². The summed E-state index contributed by atoms with van der Waals surface area (Å²) in [5.74, 6) is 2.19. The van der Waals surface area contributed by atoms with Crippen molar-refractivity contribution >= 4 is 17.0 Å². The number of aromatic nitrogens is 3. The van der Waals surface area contributed by atoms with Crippen molar-refractivity contribution in [2.75, 3.05) is 19.0 Å². The number of rotatable bonds is 2. The van der Waals surface area contributed by atoms with E-state index < -0.39 is 0 Å². The minimum absolute atomic E-state index is 0.235. The number of pyridine rings is 1. The lowest BCUT2D eigenvalue weighted by atomic mass is 10.0. The van der Waals surface area contributed by atoms with Crippen LogP contribution in [0.25, 0.3) is 11.2 Å². The van der Waals surface area contributed by atoms with E-state index in [4.69, 9.17) is 4.74 Å². The lowest BCUT2D eigenvalue weighted by Crippen LogP contribution is -2.10. The smallest absolute Gasteiger partial charge is 0.179 e. The molecule has 2 aromatic heterocycles. The molecule has 0 radical (unpaired) electrons. The molecule has 1 saturated heterocycles. The summed E-state index contributed by atoms with van der Waals surface area (Å²) in [5.41, 5.74) is 1.75. The van der Waals surface area contributed by atoms with E-state index in [1.165, 1.54) is 0 Å². The van der Waals surface area contributed by atoms with Gasteiger partial charge in [-0.25, -0.2) is 9.97 Å². The van der Waals surface area contributed by atoms with Crippen LogP contribution in [0.2, 0.25) is 0 Å². The van der Waals surface area contributed by atoms with Crippen LogP contribution in [0, 0.1) is 0 Å². The highest BCUT2D eigenvalue weighted by Crippen LogP contribution is 2.30. The molecule has 0 bridgehead atoms. The van der Waals surface area contributed by atoms with Crippen LogP contribution in [0.3, 0.4) is 0 Å². The molecule has 2 aromatic rings. The van der Waals surface area contributed by atoms with Gasteiger partial charge >= 0.3 is 0 Å². The molecule has 0 saturated carbocycles. The van der Waals surface area contributed by atoms with Crippen LogP contribution in [0.4, 0.5) is 5.82 Å². The van der Waals surface area contributed by atoms with Gasteiger partial charge in [0.1, 0.15) is 11.6 Å². The Morgan fingerprint density at radius 1 is 1.41 bits per heavy atom. The first-order chi connectivity index (χ1) is 8.28. The second-order valence-electron chi connectivity index (χ2n) is 4.41. The lowest BCUT2D eigenvalue weighted by Gasteiger charge is -2.09. The van der Waals surface area contributed by atoms with Gasteiger partial charge in [-0.1, -0.05) is 0 Å². The zero-order valence-electron chi connectivity index (χ0n) is 10.0. The molecule has 0 aromatic carbocycles. The SMILES string of the molecule is CNc1ccc2[nH]c(C3CCOC3C)nc2n1. The molecule has 2 N–H and O–H groups in total. The van der Waals surface area contributed by atoms with Crippen molar-refractivity contribution in [2.24, 2.45) is 0 Å². The van der Waals surface area contributed by atoms with Gasteiger partial charge in [-0.3, -0.25) is 0 Å². The number of anilines is 1. The fourth-order valence-electron chi connectivity index (χ4n) is 2.32. The predicted molar refractivity (Wildman–Crippen MR) is 66.2 cm³/mol. The van der Waals surface area contributed by atoms with Crippen LogP contribution >= 0.6 is 0 Å². The summed E-state index contributed by atoms with van der Waals surface area (Å²) in [4.78, 5) is 12.3. The molecule has 0 aliphatic carbocycles. The molecule has 1 fully saturated rings. The highest BCUT2D eigenvalue weighted by Gasteiger charge is 2.28. The van der Waals surface area contributed by atoms with Crippen LogP contribution < -0.4 is 5.32 Å². The third kappa shape index (κ3) is 1.76. The molecule has 2 unspecified atom stereocenters. The Morgan fingerprint density at radius 2 is 2.29 bits per heavy atom. The summed E-state index contributed by atoms with van der Waals surface area (Å²) < 4.78 is 5.57. The Labute approximate surface area is 99.6 Å². The number of aromatic amines is 1. The number of imidazole rings is 1. The molecule has 2 atom stereocenters. The number of ether oxygens (including phenoxy) is 1. The zero-order chi connectivity index (χ0) is 11.8. The Morgan fingerprint density at radius 3 is 3.00 bits per heavy atom. The van der Waals surface area contributed by atoms with Gasteiger partial charge in [0.2, 0.25) is 0 Å². The quantitative estimate of drug-likeness (QED) is 0.830. The first kappa shape index (κ1) is 10.5. The van der Waals surface area contributed by atoms with Gasteiger partial charge in [-0.2, -0.15) is 0 Å². The molecule has 1 aliphatic rings. The summed E-state index contributed by atoms with van der Waals surface area (Å²) >= 11 is 0. The fraction of sp³-hybridized carbons (Fsp3) is 0.500. The van der Waals surface area contributed by atoms with Gasteiger partial charge in [-0.15, -0.1) is 0 Å². The molecule has 17 heavy (non-hydrogen) atoms. The maximum absolute atomic E-state index is 5.57. The van der Waals surface area contributed by atoms with Gasteiger partial charge in [0.25, 0.3) is 0 Å². The molecular weight excluding hydrogens is 216 g/mol. The third-order valence-corrected chi connectivity index (χ3v) is 3.35. The number of nitrogens with zero attached hydrogens (tertiary/aromatic N) is 2. The standard InChI is InChI=1S/C12H16N4O/c1-7-8(5-6-17-7)11-14-9-3-4-10(13-2)15-12(9)16-11/h3-4,7-8H,5-6H2,1-2H3,(H2,13,14,15,16). The summed E-state index contributed by atoms with van der Waals surface area (Å²) in [6, 6.07) is 3.95. The van der Waals surface area contributed by atoms with E-state index in [9.17, 15) is 0 Å². The van der Waals surface area contributed by atoms with Crippen LogP contribution in [-0.4, -0.2) is 34.7 Å². The second-order valence-corrected chi connectivity index (χ2v) is 4.41. The molecule has 5 nitrogen and oxygen atoms in total. The van der Waals surface area contributed by atoms with Gasteiger partial charge in [0, 0.05) is 19.6 Å². The van der Waals surface area contributed by atoms with E-state index >= 15 is 0 Å². The summed E-state index contributed by atoms with van der Waals surface area (Å²) in [6.07, 6.45) is 1.26. The molecule has 1 aliphatic heterocycles. The first-order valence-electron chi connectivity index (χ1n) is 5.94. The third-order valence-electron chi connectivity index (χ3n) is 3.35. The Kier molecular flexibility index (Phi) is 2.48. The fourth-order valence-corrected chi connectivity index (χ4v) is 2.32. The minimum atomic E-state index is 0.235. The topological polar surface area (TPSA) is 62.8 Å². The van der Waals surface area contributed by atoms with E-state index in [1.807, 2.05) is 19.2 Å². The monoisotopic (exact) mass is 232 g/mol. The van der Waals surface area contributed by atoms with Crippen molar-refractivity contribution in [3.63, 3.8) is 0 Å². The maximum atomic E-state index is 5.57. The molecule has 90 valence electrons. The summed E-state index contributed by atoms with van der Waals surface area (Å²) in [7, 11) is 1.86. The van der Waals surface area contributed by atoms with Crippen LogP contribution in [-0.2, 0) is 4.74 Å². The van der Waals surface area contributed by atoms with Gasteiger partial charge in [0.15, 0.2) is 5.65 Å². The predicted octanol–water partition coefficient (Wildman–Crippen LogP) is 1.89. The number of hydrogen-bond acceptors (Lipinski definition) is 4. The van der Waals surface area contributed by atoms with Crippen molar-refractivity contribution in [1.29, 1.82) is 0 Å². The number of fused-ring (bicyclic) bond motifs is 1. The Balaban J connectivity index is 2.01. The molecule has 3 heterocycles. The highest BCUT2D eigenvalue weighted by molar-refractivity contribution is 5.73. The number of nitrogens with one attached hydrogen (secondary N) is 2. The van der Waals surface area contributed by atoms with E-state index in [-0.39, 0.29) is 6.10 Å². The number of hydrogen-bond donors (Lipinski definition) is 2. The largest absolute Gasteiger partial charge is 0.378 e. The average molecular weight is 232 g/mol. The lowest BCUT2D eigenvalue weighted by molar-refractivity contribution is 0.117. The highest BCUT2D eigenvalue weighted by atomic mass is 16.5. The van der Waals surface area contributed by atoms with Crippen molar-refractivity contribution in [1.82, 2.24) is 15.0 Å². The van der Waals surface area contributed by atoms with Gasteiger partial charge in [-0.05, 0) is 25.5 Å². The van der Waals surface area contributed by atoms with Crippen molar-refractivity contribution in [3.8, 4) is 0 Å². The van der Waals surface area contributed by atoms with E-state index in [0.717, 1.165) is 35.8 Å². The van der Waals surface area contributed by atoms with E-state index in [1.54, 1.807) is 0 Å². The van der Waals surface area contributed by atoms with Crippen molar-refractivity contribution in [3.05, 3.63) is 18.0 Å². The number of H-pyrrole nitrogens is 1. The molecule has 0 amide bonds. The average Bonchev–Trinajstić information content (AvgIpc) is 2.93. The van der Waals surface area contributed by atoms with Gasteiger partial charge in [0.05, 0.1) is 11.6 Å². The normalized spacial score (nSPS) is 24.4. The Bertz CT molecular complexity index is 536. The van der Waals surface area contributed by atoms with Crippen molar-refractivity contribution < 1.29 is 4.74 Å². The molecular formula is C12H16N4O. The summed E-state index contributed by atoms with van der Waals surface area (Å²) in [6.45, 7) is 2.91. The Hall–Kier alpha value is -1.62.